The maximum Gasteiger partial charge on any atom is 0.228 e. The molecule has 3 aromatic rings. The number of hydrogen-bond donors (Lipinski definition) is 1. The number of fused-ring (bicyclic) bond motifs is 1. The van der Waals surface area contributed by atoms with E-state index < -0.39 is 0 Å². The van der Waals surface area contributed by atoms with Gasteiger partial charge in [-0.1, -0.05) is 6.92 Å². The van der Waals surface area contributed by atoms with Gasteiger partial charge in [0.25, 0.3) is 0 Å². The van der Waals surface area contributed by atoms with E-state index in [1.54, 1.807) is 31.6 Å². The van der Waals surface area contributed by atoms with Gasteiger partial charge in [0.05, 0.1) is 18.8 Å². The smallest absolute Gasteiger partial charge is 0.228 e. The van der Waals surface area contributed by atoms with Crippen molar-refractivity contribution in [2.24, 2.45) is 5.92 Å². The first-order valence-electron chi connectivity index (χ1n) is 13.2. The lowest BCUT2D eigenvalue weighted by Gasteiger charge is -2.31. The van der Waals surface area contributed by atoms with Gasteiger partial charge in [-0.3, -0.25) is 4.79 Å². The Kier molecular flexibility index (Phi) is 8.35. The Morgan fingerprint density at radius 2 is 1.92 bits per heavy atom. The molecule has 0 spiro atoms. The number of pyridine rings is 2. The molecule has 4 heterocycles. The van der Waals surface area contributed by atoms with Crippen LogP contribution in [0.3, 0.4) is 0 Å². The number of carbonyl (C=O) groups excluding carboxylic acids is 1. The summed E-state index contributed by atoms with van der Waals surface area (Å²) in [6.07, 6.45) is 7.29. The van der Waals surface area contributed by atoms with Crippen molar-refractivity contribution in [2.75, 3.05) is 52.2 Å². The fourth-order valence-electron chi connectivity index (χ4n) is 4.43. The van der Waals surface area contributed by atoms with Crippen molar-refractivity contribution in [1.29, 1.82) is 0 Å². The van der Waals surface area contributed by atoms with Crippen LogP contribution in [0.25, 0.3) is 22.2 Å². The highest BCUT2D eigenvalue weighted by Crippen LogP contribution is 2.44. The number of likely N-dealkylation sites (N-methyl/N-ethyl adjacent to an activating group) is 2. The molecule has 0 bridgehead atoms. The lowest BCUT2D eigenvalue weighted by Crippen LogP contribution is -2.44. The summed E-state index contributed by atoms with van der Waals surface area (Å²) >= 11 is 0.0450. The van der Waals surface area contributed by atoms with Crippen molar-refractivity contribution in [3.8, 4) is 22.8 Å². The third kappa shape index (κ3) is 6.22. The van der Waals surface area contributed by atoms with E-state index in [1.807, 2.05) is 6.07 Å². The number of ether oxygens (including phenoxy) is 2. The molecule has 3 aliphatic rings. The van der Waals surface area contributed by atoms with Gasteiger partial charge in [-0.15, -0.1) is 3.89 Å². The lowest BCUT2D eigenvalue weighted by molar-refractivity contribution is -0.117. The minimum absolute atomic E-state index is 0.0443. The van der Waals surface area contributed by atoms with E-state index in [0.29, 0.717) is 39.6 Å². The molecule has 3 fully saturated rings. The van der Waals surface area contributed by atoms with Gasteiger partial charge < -0.3 is 24.6 Å². The van der Waals surface area contributed by atoms with Gasteiger partial charge in [-0.05, 0) is 57.5 Å². The van der Waals surface area contributed by atoms with Crippen LogP contribution in [0.4, 0.5) is 9.70 Å². The monoisotopic (exact) mass is 542 g/mol. The first-order chi connectivity index (χ1) is 18.5. The quantitative estimate of drug-likeness (QED) is 0.441. The number of anilines is 1. The molecular weight excluding hydrogens is 507 g/mol. The maximum absolute atomic E-state index is 13.7. The highest BCUT2D eigenvalue weighted by Gasteiger charge is 2.30. The van der Waals surface area contributed by atoms with Crippen LogP contribution in [0.5, 0.6) is 11.6 Å². The fraction of sp³-hybridized carbons (Fsp3) is 0.519. The molecule has 2 saturated carbocycles. The lowest BCUT2D eigenvalue weighted by atomic mass is 10.1. The highest BCUT2D eigenvalue weighted by atomic mass is 32.2. The molecule has 0 radical (unpaired) electrons. The van der Waals surface area contributed by atoms with E-state index in [1.165, 1.54) is 36.7 Å². The van der Waals surface area contributed by atoms with Crippen molar-refractivity contribution in [1.82, 2.24) is 23.7 Å². The Hall–Kier alpha value is -2.89. The van der Waals surface area contributed by atoms with E-state index >= 15 is 0 Å². The molecule has 38 heavy (non-hydrogen) atoms. The first-order valence-corrected chi connectivity index (χ1v) is 13.9. The molecule has 0 unspecified atom stereocenters. The predicted octanol–water partition coefficient (Wildman–Crippen LogP) is 4.63. The van der Waals surface area contributed by atoms with E-state index in [0.717, 1.165) is 25.7 Å². The Morgan fingerprint density at radius 1 is 1.16 bits per heavy atom. The summed E-state index contributed by atoms with van der Waals surface area (Å²) in [7, 11) is 3.73. The second-order valence-corrected chi connectivity index (χ2v) is 10.5. The van der Waals surface area contributed by atoms with Crippen LogP contribution in [-0.2, 0) is 4.79 Å². The molecule has 1 aliphatic heterocycles. The number of piperazine rings is 1. The van der Waals surface area contributed by atoms with Crippen molar-refractivity contribution < 1.29 is 18.2 Å². The molecular formula is C27H35FN6O3S. The van der Waals surface area contributed by atoms with Crippen LogP contribution in [0.15, 0.2) is 30.6 Å². The molecule has 11 heteroatoms. The molecule has 1 saturated heterocycles. The average Bonchev–Trinajstić information content (AvgIpc) is 3.87. The van der Waals surface area contributed by atoms with Gasteiger partial charge in [0.15, 0.2) is 18.0 Å². The molecule has 1 amide bonds. The van der Waals surface area contributed by atoms with E-state index in [-0.39, 0.29) is 30.3 Å². The maximum atomic E-state index is 13.7. The number of methoxy groups -OCH3 is 1. The van der Waals surface area contributed by atoms with Gasteiger partial charge in [-0.25, -0.2) is 13.9 Å². The number of halogens is 1. The summed E-state index contributed by atoms with van der Waals surface area (Å²) in [5, 5.41) is 3.52. The molecule has 0 atom stereocenters. The third-order valence-electron chi connectivity index (χ3n) is 7.10. The van der Waals surface area contributed by atoms with Crippen molar-refractivity contribution in [2.45, 2.75) is 38.7 Å². The number of amides is 1. The van der Waals surface area contributed by atoms with Crippen LogP contribution in [-0.4, -0.2) is 82.6 Å². The topological polar surface area (TPSA) is 84.8 Å². The number of hydrogen-bond acceptors (Lipinski definition) is 8. The normalized spacial score (nSPS) is 18.1. The minimum Gasteiger partial charge on any atom is -0.490 e. The van der Waals surface area contributed by atoms with Gasteiger partial charge in [-0.2, -0.15) is 0 Å². The minimum atomic E-state index is -0.0443. The van der Waals surface area contributed by atoms with Crippen LogP contribution >= 0.6 is 12.3 Å². The molecule has 9 nitrogen and oxygen atoms in total. The van der Waals surface area contributed by atoms with Crippen LogP contribution in [0, 0.1) is 5.92 Å². The fourth-order valence-corrected chi connectivity index (χ4v) is 4.78. The van der Waals surface area contributed by atoms with Gasteiger partial charge >= 0.3 is 0 Å². The van der Waals surface area contributed by atoms with Crippen LogP contribution in [0.2, 0.25) is 0 Å². The highest BCUT2D eigenvalue weighted by molar-refractivity contribution is 7.92. The summed E-state index contributed by atoms with van der Waals surface area (Å²) < 4.78 is 26.5. The van der Waals surface area contributed by atoms with Gasteiger partial charge in [0.2, 0.25) is 11.8 Å². The Labute approximate surface area is 227 Å². The third-order valence-corrected chi connectivity index (χ3v) is 7.52. The first kappa shape index (κ1) is 26.7. The zero-order valence-corrected chi connectivity index (χ0v) is 23.0. The zero-order chi connectivity index (χ0) is 26.6. The molecule has 204 valence electrons. The van der Waals surface area contributed by atoms with Crippen molar-refractivity contribution in [3.05, 3.63) is 30.6 Å². The summed E-state index contributed by atoms with van der Waals surface area (Å²) in [5.74, 6) is 1.47. The van der Waals surface area contributed by atoms with Crippen LogP contribution in [0.1, 0.15) is 32.6 Å². The van der Waals surface area contributed by atoms with Gasteiger partial charge in [0.1, 0.15) is 11.6 Å². The SMILES string of the molecule is CCN1CCN(C)CC1.COc1nccc(OC2CC2)c1-c1cn(SF)c2nc(NC(=O)C3CC3)ccc12. The van der Waals surface area contributed by atoms with E-state index in [9.17, 15) is 8.68 Å². The Morgan fingerprint density at radius 3 is 2.55 bits per heavy atom. The number of rotatable bonds is 8. The Bertz CT molecular complexity index is 1270. The standard InChI is InChI=1S/C20H19FN4O3S.C7H16N2/c1-27-20-17(15(8-9-22-20)28-12-4-5-12)14-10-25(29-21)18-13(14)6-7-16(23-18)24-19(26)11-2-3-11;1-3-9-6-4-8(2)5-7-9/h6-12H,2-5H2,1H3,(H,23,24,26);3-7H2,1-2H3. The number of aromatic nitrogens is 3. The second-order valence-electron chi connectivity index (χ2n) is 10.0. The molecule has 6 rings (SSSR count). The summed E-state index contributed by atoms with van der Waals surface area (Å²) in [6, 6.07) is 5.34. The van der Waals surface area contributed by atoms with Crippen molar-refractivity contribution in [3.63, 3.8) is 0 Å². The van der Waals surface area contributed by atoms with E-state index in [2.05, 4.69) is 39.1 Å². The molecule has 0 aromatic carbocycles. The number of carbonyl (C=O) groups is 1. The zero-order valence-electron chi connectivity index (χ0n) is 22.2. The number of nitrogens with zero attached hydrogens (tertiary/aromatic N) is 5. The largest absolute Gasteiger partial charge is 0.490 e. The summed E-state index contributed by atoms with van der Waals surface area (Å²) in [5.41, 5.74) is 1.78. The summed E-state index contributed by atoms with van der Waals surface area (Å²) in [4.78, 5) is 25.7. The second kappa shape index (κ2) is 11.9. The summed E-state index contributed by atoms with van der Waals surface area (Å²) in [6.45, 7) is 8.45. The predicted molar refractivity (Wildman–Crippen MR) is 148 cm³/mol. The van der Waals surface area contributed by atoms with Crippen molar-refractivity contribution >= 4 is 35.1 Å². The molecule has 1 N–H and O–H groups in total. The number of nitrogens with one attached hydrogen (secondary N) is 1. The van der Waals surface area contributed by atoms with Gasteiger partial charge in [0, 0.05) is 55.4 Å². The Balaban J connectivity index is 0.000000278. The average molecular weight is 543 g/mol. The van der Waals surface area contributed by atoms with Crippen LogP contribution < -0.4 is 14.8 Å². The van der Waals surface area contributed by atoms with E-state index in [4.69, 9.17) is 9.47 Å². The molecule has 3 aromatic heterocycles. The molecule has 2 aliphatic carbocycles.